The first-order valence-electron chi connectivity index (χ1n) is 9.74. The number of hydrogen-bond donors (Lipinski definition) is 0. The second kappa shape index (κ2) is 3.62. The van der Waals surface area contributed by atoms with Crippen LogP contribution in [0.4, 0.5) is 0 Å². The molecule has 3 nitrogen and oxygen atoms in total. The number of epoxide rings is 1. The summed E-state index contributed by atoms with van der Waals surface area (Å²) in [7, 11) is 0. The van der Waals surface area contributed by atoms with Gasteiger partial charge in [-0.2, -0.15) is 10.5 Å². The standard InChI is InChI=1S/C20H22N2O/c21-3-1-7-5-9-10-6-8(2-4-22)12-14(10)15-13(9)11(7)17-16(15)18(12)20-19(17)23-20/h7-20H,1-2,5-6H2/t7-,8-,9-,10-,11+,12+,13-,14+,15?,16?,17+,18-,19+,20+/m0/s1. The molecule has 6 saturated carbocycles. The van der Waals surface area contributed by atoms with Crippen molar-refractivity contribution in [3.63, 3.8) is 0 Å². The van der Waals surface area contributed by atoms with Crippen LogP contribution in [0.15, 0.2) is 0 Å². The van der Waals surface area contributed by atoms with Gasteiger partial charge in [-0.25, -0.2) is 0 Å². The van der Waals surface area contributed by atoms with Gasteiger partial charge in [0.25, 0.3) is 0 Å². The number of nitriles is 2. The fraction of sp³-hybridized carbons (Fsp3) is 0.900. The third kappa shape index (κ3) is 1.09. The average Bonchev–Trinajstić information content (AvgIpc) is 2.95. The Kier molecular flexibility index (Phi) is 1.94. The Balaban J connectivity index is 1.39. The molecule has 0 aromatic rings. The van der Waals surface area contributed by atoms with Crippen molar-refractivity contribution in [3.8, 4) is 12.1 Å². The smallest absolute Gasteiger partial charge is 0.0878 e. The third-order valence-electron chi connectivity index (χ3n) is 9.80. The molecule has 2 unspecified atom stereocenters. The van der Waals surface area contributed by atoms with E-state index in [4.69, 9.17) is 4.74 Å². The molecule has 0 spiro atoms. The fourth-order valence-electron chi connectivity index (χ4n) is 10.0. The van der Waals surface area contributed by atoms with Crippen molar-refractivity contribution in [3.05, 3.63) is 0 Å². The Morgan fingerprint density at radius 1 is 0.652 bits per heavy atom. The predicted molar refractivity (Wildman–Crippen MR) is 80.2 cm³/mol. The Hall–Kier alpha value is -1.06. The normalized spacial score (nSPS) is 70.3. The summed E-state index contributed by atoms with van der Waals surface area (Å²) in [6.45, 7) is 0. The maximum atomic E-state index is 9.32. The van der Waals surface area contributed by atoms with Gasteiger partial charge in [-0.3, -0.25) is 0 Å². The van der Waals surface area contributed by atoms with Gasteiger partial charge in [-0.15, -0.1) is 0 Å². The highest BCUT2D eigenvalue weighted by Crippen LogP contribution is 2.84. The van der Waals surface area contributed by atoms with E-state index in [2.05, 4.69) is 12.1 Å². The number of ether oxygens (including phenoxy) is 1. The van der Waals surface area contributed by atoms with Crippen molar-refractivity contribution < 1.29 is 4.74 Å². The van der Waals surface area contributed by atoms with Crippen LogP contribution in [-0.2, 0) is 4.74 Å². The number of fused-ring (bicyclic) bond motifs is 6. The van der Waals surface area contributed by atoms with Gasteiger partial charge in [0.2, 0.25) is 0 Å². The number of rotatable bonds is 2. The fourth-order valence-corrected chi connectivity index (χ4v) is 10.0. The van der Waals surface area contributed by atoms with E-state index < -0.39 is 0 Å². The highest BCUT2D eigenvalue weighted by Gasteiger charge is 2.83. The van der Waals surface area contributed by atoms with Crippen LogP contribution in [0.5, 0.6) is 0 Å². The molecular formula is C20H22N2O. The highest BCUT2D eigenvalue weighted by molar-refractivity contribution is 5.30. The second-order valence-electron chi connectivity index (χ2n) is 9.73. The maximum absolute atomic E-state index is 9.32. The largest absolute Gasteiger partial charge is 0.369 e. The summed E-state index contributed by atoms with van der Waals surface area (Å²) in [5.41, 5.74) is 0. The molecule has 3 heteroatoms. The van der Waals surface area contributed by atoms with Crippen molar-refractivity contribution in [2.24, 2.45) is 71.0 Å². The number of nitrogens with zero attached hydrogens (tertiary/aromatic N) is 2. The SMILES string of the molecule is N#CC[C@H]1C[C@H]2[C@@H]3C[C@H](CC#N)[C@H]4[C@@H]5C6C([C@H]2[C@@H]1[C@@H]6[C@H]1O[C@@H]15)[C@@H]34. The average molecular weight is 306 g/mol. The highest BCUT2D eigenvalue weighted by atomic mass is 16.6. The van der Waals surface area contributed by atoms with E-state index in [0.29, 0.717) is 24.0 Å². The molecule has 0 amide bonds. The van der Waals surface area contributed by atoms with E-state index in [1.807, 2.05) is 0 Å². The molecule has 1 saturated heterocycles. The van der Waals surface area contributed by atoms with Crippen molar-refractivity contribution in [1.29, 1.82) is 10.5 Å². The van der Waals surface area contributed by atoms with Gasteiger partial charge in [0.05, 0.1) is 24.3 Å². The van der Waals surface area contributed by atoms with E-state index in [9.17, 15) is 10.5 Å². The lowest BCUT2D eigenvalue weighted by Crippen LogP contribution is -2.27. The Morgan fingerprint density at radius 2 is 1.13 bits per heavy atom. The molecule has 7 rings (SSSR count). The van der Waals surface area contributed by atoms with Gasteiger partial charge >= 0.3 is 0 Å². The molecule has 0 bridgehead atoms. The molecule has 14 atom stereocenters. The summed E-state index contributed by atoms with van der Waals surface area (Å²) in [6.07, 6.45) is 5.28. The van der Waals surface area contributed by atoms with E-state index in [0.717, 1.165) is 72.0 Å². The van der Waals surface area contributed by atoms with E-state index >= 15 is 0 Å². The first-order chi connectivity index (χ1) is 11.3. The predicted octanol–water partition coefficient (Wildman–Crippen LogP) is 2.84. The van der Waals surface area contributed by atoms with Crippen molar-refractivity contribution in [1.82, 2.24) is 0 Å². The summed E-state index contributed by atoms with van der Waals surface area (Å²) < 4.78 is 6.21. The molecule has 0 aromatic carbocycles. The van der Waals surface area contributed by atoms with Gasteiger partial charge in [0, 0.05) is 12.8 Å². The van der Waals surface area contributed by atoms with Crippen LogP contribution >= 0.6 is 0 Å². The van der Waals surface area contributed by atoms with Crippen LogP contribution < -0.4 is 0 Å². The van der Waals surface area contributed by atoms with Gasteiger partial charge in [0.15, 0.2) is 0 Å². The molecule has 6 aliphatic carbocycles. The zero-order valence-corrected chi connectivity index (χ0v) is 13.2. The van der Waals surface area contributed by atoms with Crippen LogP contribution in [-0.4, -0.2) is 12.2 Å². The molecule has 0 N–H and O–H groups in total. The lowest BCUT2D eigenvalue weighted by Gasteiger charge is -2.29. The van der Waals surface area contributed by atoms with Crippen LogP contribution in [0.3, 0.4) is 0 Å². The zero-order chi connectivity index (χ0) is 15.0. The molecule has 1 heterocycles. The van der Waals surface area contributed by atoms with E-state index in [1.165, 1.54) is 12.8 Å². The third-order valence-corrected chi connectivity index (χ3v) is 9.80. The van der Waals surface area contributed by atoms with E-state index in [1.54, 1.807) is 0 Å². The molecule has 118 valence electrons. The Morgan fingerprint density at radius 3 is 1.61 bits per heavy atom. The van der Waals surface area contributed by atoms with Crippen LogP contribution in [0.2, 0.25) is 0 Å². The first kappa shape index (κ1) is 12.3. The molecule has 0 radical (unpaired) electrons. The minimum absolute atomic E-state index is 0.545. The van der Waals surface area contributed by atoms with Gasteiger partial charge < -0.3 is 4.74 Å². The summed E-state index contributed by atoms with van der Waals surface area (Å²) in [6, 6.07) is 5.00. The second-order valence-corrected chi connectivity index (χ2v) is 9.73. The minimum atomic E-state index is 0.545. The van der Waals surface area contributed by atoms with Crippen molar-refractivity contribution in [2.45, 2.75) is 37.9 Å². The molecule has 1 aliphatic heterocycles. The minimum Gasteiger partial charge on any atom is -0.369 e. The van der Waals surface area contributed by atoms with Crippen LogP contribution in [0.1, 0.15) is 25.7 Å². The molecular weight excluding hydrogens is 284 g/mol. The van der Waals surface area contributed by atoms with Crippen LogP contribution in [0, 0.1) is 93.7 Å². The van der Waals surface area contributed by atoms with Gasteiger partial charge in [-0.1, -0.05) is 0 Å². The number of hydrogen-bond acceptors (Lipinski definition) is 3. The van der Waals surface area contributed by atoms with Gasteiger partial charge in [0.1, 0.15) is 0 Å². The Bertz CT molecular complexity index is 635. The summed E-state index contributed by atoms with van der Waals surface area (Å²) in [5.74, 6) is 10.0. The quantitative estimate of drug-likeness (QED) is 0.737. The lowest BCUT2D eigenvalue weighted by molar-refractivity contribution is 0.104. The van der Waals surface area contributed by atoms with Crippen LogP contribution in [0.25, 0.3) is 0 Å². The Labute approximate surface area is 137 Å². The first-order valence-corrected chi connectivity index (χ1v) is 9.74. The maximum Gasteiger partial charge on any atom is 0.0878 e. The monoisotopic (exact) mass is 306 g/mol. The zero-order valence-electron chi connectivity index (χ0n) is 13.2. The molecule has 23 heavy (non-hydrogen) atoms. The topological polar surface area (TPSA) is 60.1 Å². The summed E-state index contributed by atoms with van der Waals surface area (Å²) >= 11 is 0. The summed E-state index contributed by atoms with van der Waals surface area (Å²) in [5, 5.41) is 18.6. The van der Waals surface area contributed by atoms with Crippen molar-refractivity contribution >= 4 is 0 Å². The molecule has 7 aliphatic rings. The molecule has 0 aromatic heterocycles. The van der Waals surface area contributed by atoms with Gasteiger partial charge in [-0.05, 0) is 83.9 Å². The molecule has 7 fully saturated rings. The summed E-state index contributed by atoms with van der Waals surface area (Å²) in [4.78, 5) is 0. The van der Waals surface area contributed by atoms with Crippen molar-refractivity contribution in [2.75, 3.05) is 0 Å². The van der Waals surface area contributed by atoms with E-state index in [-0.39, 0.29) is 0 Å². The lowest BCUT2D eigenvalue weighted by atomic mass is 9.77.